The molecule has 5 heteroatoms. The Morgan fingerprint density at radius 3 is 3.00 bits per heavy atom. The number of methoxy groups -OCH3 is 1. The van der Waals surface area contributed by atoms with E-state index in [1.165, 1.54) is 12.8 Å². The number of hydrogen-bond acceptors (Lipinski definition) is 4. The van der Waals surface area contributed by atoms with Gasteiger partial charge in [0.1, 0.15) is 0 Å². The monoisotopic (exact) mass is 244 g/mol. The molecule has 0 aromatic rings. The summed E-state index contributed by atoms with van der Waals surface area (Å²) in [5.74, 6) is 0.0686. The van der Waals surface area contributed by atoms with Crippen molar-refractivity contribution >= 4 is 5.91 Å². The van der Waals surface area contributed by atoms with Crippen LogP contribution in [0.3, 0.4) is 0 Å². The quantitative estimate of drug-likeness (QED) is 0.603. The molecule has 1 fully saturated rings. The molecule has 0 saturated carbocycles. The minimum atomic E-state index is 0.0686. The Kier molecular flexibility index (Phi) is 7.96. The van der Waals surface area contributed by atoms with E-state index in [4.69, 9.17) is 9.47 Å². The number of hydrogen-bond donors (Lipinski definition) is 2. The van der Waals surface area contributed by atoms with Gasteiger partial charge in [0.25, 0.3) is 0 Å². The van der Waals surface area contributed by atoms with Crippen LogP contribution in [-0.2, 0) is 14.3 Å². The second kappa shape index (κ2) is 9.39. The van der Waals surface area contributed by atoms with E-state index in [1.54, 1.807) is 7.11 Å². The van der Waals surface area contributed by atoms with Gasteiger partial charge in [-0.05, 0) is 19.3 Å². The minimum absolute atomic E-state index is 0.0686. The van der Waals surface area contributed by atoms with Crippen LogP contribution in [0.5, 0.6) is 0 Å². The summed E-state index contributed by atoms with van der Waals surface area (Å²) in [6, 6.07) is 0. The summed E-state index contributed by atoms with van der Waals surface area (Å²) in [4.78, 5) is 11.3. The lowest BCUT2D eigenvalue weighted by molar-refractivity contribution is -0.121. The zero-order valence-corrected chi connectivity index (χ0v) is 10.7. The van der Waals surface area contributed by atoms with Crippen molar-refractivity contribution in [3.8, 4) is 0 Å². The Bertz CT molecular complexity index is 206. The van der Waals surface area contributed by atoms with E-state index < -0.39 is 0 Å². The third kappa shape index (κ3) is 7.31. The molecule has 1 heterocycles. The molecular weight excluding hydrogens is 220 g/mol. The predicted octanol–water partition coefficient (Wildman–Crippen LogP) is 0.298. The van der Waals surface area contributed by atoms with Gasteiger partial charge in [-0.15, -0.1) is 0 Å². The first-order valence-corrected chi connectivity index (χ1v) is 6.41. The van der Waals surface area contributed by atoms with Crippen molar-refractivity contribution in [2.24, 2.45) is 0 Å². The molecule has 1 amide bonds. The second-order valence-corrected chi connectivity index (χ2v) is 4.29. The average molecular weight is 244 g/mol. The van der Waals surface area contributed by atoms with E-state index >= 15 is 0 Å². The first-order chi connectivity index (χ1) is 8.33. The molecule has 2 N–H and O–H groups in total. The molecule has 100 valence electrons. The molecule has 1 atom stereocenters. The zero-order valence-electron chi connectivity index (χ0n) is 10.7. The van der Waals surface area contributed by atoms with Crippen molar-refractivity contribution < 1.29 is 14.3 Å². The first kappa shape index (κ1) is 14.4. The number of carbonyl (C=O) groups is 1. The van der Waals surface area contributed by atoms with Gasteiger partial charge in [-0.25, -0.2) is 0 Å². The van der Waals surface area contributed by atoms with E-state index in [9.17, 15) is 4.79 Å². The van der Waals surface area contributed by atoms with E-state index in [0.717, 1.165) is 19.6 Å². The SMILES string of the molecule is COCCNC(=O)CCNCC1CCCCO1. The van der Waals surface area contributed by atoms with E-state index in [1.807, 2.05) is 0 Å². The van der Waals surface area contributed by atoms with Crippen molar-refractivity contribution in [3.63, 3.8) is 0 Å². The molecule has 1 aliphatic rings. The number of amides is 1. The van der Waals surface area contributed by atoms with Gasteiger partial charge in [0.05, 0.1) is 12.7 Å². The van der Waals surface area contributed by atoms with Gasteiger partial charge in [0.15, 0.2) is 0 Å². The molecule has 1 aliphatic heterocycles. The summed E-state index contributed by atoms with van der Waals surface area (Å²) in [5, 5.41) is 6.05. The molecular formula is C12H24N2O3. The molecule has 5 nitrogen and oxygen atoms in total. The molecule has 0 aromatic heterocycles. The molecule has 0 aliphatic carbocycles. The molecule has 0 aromatic carbocycles. The van der Waals surface area contributed by atoms with Crippen LogP contribution in [0.25, 0.3) is 0 Å². The van der Waals surface area contributed by atoms with Crippen molar-refractivity contribution in [3.05, 3.63) is 0 Å². The highest BCUT2D eigenvalue weighted by molar-refractivity contribution is 5.75. The molecule has 1 unspecified atom stereocenters. The van der Waals surface area contributed by atoms with Gasteiger partial charge < -0.3 is 20.1 Å². The molecule has 17 heavy (non-hydrogen) atoms. The van der Waals surface area contributed by atoms with Gasteiger partial charge in [-0.3, -0.25) is 4.79 Å². The Labute approximate surface area is 103 Å². The van der Waals surface area contributed by atoms with Crippen LogP contribution < -0.4 is 10.6 Å². The van der Waals surface area contributed by atoms with Crippen LogP contribution in [0.15, 0.2) is 0 Å². The minimum Gasteiger partial charge on any atom is -0.383 e. The van der Waals surface area contributed by atoms with Crippen LogP contribution in [0, 0.1) is 0 Å². The third-order valence-electron chi connectivity index (χ3n) is 2.80. The molecule has 0 radical (unpaired) electrons. The number of nitrogens with one attached hydrogen (secondary N) is 2. The maximum Gasteiger partial charge on any atom is 0.221 e. The number of rotatable bonds is 8. The molecule has 1 saturated heterocycles. The Balaban J connectivity index is 1.90. The van der Waals surface area contributed by atoms with Crippen molar-refractivity contribution in [2.45, 2.75) is 31.8 Å². The highest BCUT2D eigenvalue weighted by Crippen LogP contribution is 2.11. The zero-order chi connectivity index (χ0) is 12.3. The normalized spacial score (nSPS) is 20.2. The van der Waals surface area contributed by atoms with Crippen molar-refractivity contribution in [1.29, 1.82) is 0 Å². The van der Waals surface area contributed by atoms with Crippen molar-refractivity contribution in [1.82, 2.24) is 10.6 Å². The van der Waals surface area contributed by atoms with E-state index in [0.29, 0.717) is 32.2 Å². The predicted molar refractivity (Wildman–Crippen MR) is 66.0 cm³/mol. The maximum atomic E-state index is 11.3. The highest BCUT2D eigenvalue weighted by Gasteiger charge is 2.12. The lowest BCUT2D eigenvalue weighted by atomic mass is 10.1. The van der Waals surface area contributed by atoms with Crippen molar-refractivity contribution in [2.75, 3.05) is 40.0 Å². The summed E-state index contributed by atoms with van der Waals surface area (Å²) >= 11 is 0. The summed E-state index contributed by atoms with van der Waals surface area (Å²) in [5.41, 5.74) is 0. The molecule has 0 bridgehead atoms. The standard InChI is InChI=1S/C12H24N2O3/c1-16-9-7-14-12(15)5-6-13-10-11-4-2-3-8-17-11/h11,13H,2-10H2,1H3,(H,14,15). The van der Waals surface area contributed by atoms with Gasteiger partial charge in [0, 0.05) is 39.8 Å². The van der Waals surface area contributed by atoms with Crippen LogP contribution in [0.4, 0.5) is 0 Å². The lowest BCUT2D eigenvalue weighted by Gasteiger charge is -2.22. The van der Waals surface area contributed by atoms with Gasteiger partial charge in [-0.2, -0.15) is 0 Å². The summed E-state index contributed by atoms with van der Waals surface area (Å²) < 4.78 is 10.4. The fourth-order valence-corrected chi connectivity index (χ4v) is 1.81. The van der Waals surface area contributed by atoms with Crippen LogP contribution in [0.1, 0.15) is 25.7 Å². The lowest BCUT2D eigenvalue weighted by Crippen LogP contribution is -2.35. The molecule has 0 spiro atoms. The van der Waals surface area contributed by atoms with Crippen LogP contribution in [-0.4, -0.2) is 52.0 Å². The Morgan fingerprint density at radius 2 is 2.29 bits per heavy atom. The average Bonchev–Trinajstić information content (AvgIpc) is 2.36. The highest BCUT2D eigenvalue weighted by atomic mass is 16.5. The summed E-state index contributed by atoms with van der Waals surface area (Å²) in [7, 11) is 1.62. The maximum absolute atomic E-state index is 11.3. The Hall–Kier alpha value is -0.650. The van der Waals surface area contributed by atoms with Crippen LogP contribution >= 0.6 is 0 Å². The number of ether oxygens (including phenoxy) is 2. The first-order valence-electron chi connectivity index (χ1n) is 6.41. The van der Waals surface area contributed by atoms with E-state index in [-0.39, 0.29) is 5.91 Å². The fraction of sp³-hybridized carbons (Fsp3) is 0.917. The number of carbonyl (C=O) groups excluding carboxylic acids is 1. The van der Waals surface area contributed by atoms with Gasteiger partial charge in [-0.1, -0.05) is 0 Å². The third-order valence-corrected chi connectivity index (χ3v) is 2.80. The van der Waals surface area contributed by atoms with Gasteiger partial charge in [0.2, 0.25) is 5.91 Å². The fourth-order valence-electron chi connectivity index (χ4n) is 1.81. The van der Waals surface area contributed by atoms with E-state index in [2.05, 4.69) is 10.6 Å². The molecule has 1 rings (SSSR count). The van der Waals surface area contributed by atoms with Gasteiger partial charge >= 0.3 is 0 Å². The second-order valence-electron chi connectivity index (χ2n) is 4.29. The van der Waals surface area contributed by atoms with Crippen LogP contribution in [0.2, 0.25) is 0 Å². The smallest absolute Gasteiger partial charge is 0.221 e. The summed E-state index contributed by atoms with van der Waals surface area (Å²) in [6.45, 7) is 3.59. The topological polar surface area (TPSA) is 59.6 Å². The summed E-state index contributed by atoms with van der Waals surface area (Å²) in [6.07, 6.45) is 4.41. The Morgan fingerprint density at radius 1 is 1.41 bits per heavy atom. The largest absolute Gasteiger partial charge is 0.383 e.